The number of rotatable bonds is 10. The van der Waals surface area contributed by atoms with E-state index < -0.39 is 10.0 Å². The van der Waals surface area contributed by atoms with Crippen LogP contribution in [0.1, 0.15) is 32.6 Å². The molecule has 21 heavy (non-hydrogen) atoms. The summed E-state index contributed by atoms with van der Waals surface area (Å²) in [7, 11) is -1.97. The van der Waals surface area contributed by atoms with Gasteiger partial charge in [-0.3, -0.25) is 0 Å². The molecule has 0 spiro atoms. The summed E-state index contributed by atoms with van der Waals surface area (Å²) in [6.45, 7) is 3.27. The van der Waals surface area contributed by atoms with E-state index in [0.717, 1.165) is 19.3 Å². The molecule has 0 aliphatic carbocycles. The summed E-state index contributed by atoms with van der Waals surface area (Å²) in [6, 6.07) is 3.20. The number of nitrogens with zero attached hydrogens (tertiary/aromatic N) is 2. The number of unbranched alkanes of at least 4 members (excludes halogenated alkanes) is 2. The van der Waals surface area contributed by atoms with Crippen molar-refractivity contribution in [2.24, 2.45) is 0 Å². The lowest BCUT2D eigenvalue weighted by atomic mass is 10.2. The molecule has 0 atom stereocenters. The first-order valence-electron chi connectivity index (χ1n) is 7.30. The summed E-state index contributed by atoms with van der Waals surface area (Å²) < 4.78 is 26.5. The van der Waals surface area contributed by atoms with Gasteiger partial charge in [0.1, 0.15) is 10.7 Å². The number of aliphatic hydroxyl groups excluding tert-OH is 1. The molecular weight excluding hydrogens is 290 g/mol. The van der Waals surface area contributed by atoms with Gasteiger partial charge in [-0.1, -0.05) is 6.92 Å². The number of anilines is 1. The van der Waals surface area contributed by atoms with Crippen LogP contribution >= 0.6 is 0 Å². The number of aromatic nitrogens is 1. The number of pyridine rings is 1. The summed E-state index contributed by atoms with van der Waals surface area (Å²) in [5, 5.41) is 11.8. The van der Waals surface area contributed by atoms with Gasteiger partial charge in [-0.25, -0.2) is 17.7 Å². The van der Waals surface area contributed by atoms with E-state index in [1.165, 1.54) is 4.31 Å². The average molecular weight is 315 g/mol. The molecule has 2 N–H and O–H groups in total. The van der Waals surface area contributed by atoms with Crippen LogP contribution in [0.15, 0.2) is 23.2 Å². The van der Waals surface area contributed by atoms with Crippen molar-refractivity contribution >= 4 is 15.8 Å². The molecule has 0 saturated carbocycles. The Labute approximate surface area is 127 Å². The molecule has 0 saturated heterocycles. The molecule has 0 aromatic carbocycles. The molecule has 1 aromatic heterocycles. The van der Waals surface area contributed by atoms with Crippen LogP contribution in [0.25, 0.3) is 0 Å². The second kappa shape index (κ2) is 8.96. The van der Waals surface area contributed by atoms with Crippen LogP contribution in [0.4, 0.5) is 5.82 Å². The summed E-state index contributed by atoms with van der Waals surface area (Å²) in [6.07, 6.45) is 4.72. The third-order valence-corrected chi connectivity index (χ3v) is 5.02. The minimum absolute atomic E-state index is 0.143. The van der Waals surface area contributed by atoms with E-state index >= 15 is 0 Å². The Bertz CT molecular complexity index is 520. The van der Waals surface area contributed by atoms with Gasteiger partial charge in [0.05, 0.1) is 0 Å². The second-order valence-electron chi connectivity index (χ2n) is 4.89. The summed E-state index contributed by atoms with van der Waals surface area (Å²) in [5.41, 5.74) is 0. The monoisotopic (exact) mass is 315 g/mol. The van der Waals surface area contributed by atoms with Crippen LogP contribution in [0, 0.1) is 0 Å². The van der Waals surface area contributed by atoms with Crippen molar-refractivity contribution in [3.63, 3.8) is 0 Å². The quantitative estimate of drug-likeness (QED) is 0.642. The Morgan fingerprint density at radius 1 is 1.33 bits per heavy atom. The van der Waals surface area contributed by atoms with Gasteiger partial charge in [-0.15, -0.1) is 0 Å². The zero-order chi connectivity index (χ0) is 15.7. The van der Waals surface area contributed by atoms with Crippen molar-refractivity contribution in [2.75, 3.05) is 32.1 Å². The summed E-state index contributed by atoms with van der Waals surface area (Å²) >= 11 is 0. The minimum atomic E-state index is -3.54. The zero-order valence-electron chi connectivity index (χ0n) is 12.7. The first-order valence-corrected chi connectivity index (χ1v) is 8.74. The van der Waals surface area contributed by atoms with E-state index in [0.29, 0.717) is 25.3 Å². The van der Waals surface area contributed by atoms with Crippen LogP contribution in [-0.4, -0.2) is 49.6 Å². The third-order valence-electron chi connectivity index (χ3n) is 3.13. The fourth-order valence-corrected chi connectivity index (χ4v) is 3.21. The van der Waals surface area contributed by atoms with E-state index in [-0.39, 0.29) is 11.5 Å². The molecule has 1 heterocycles. The minimum Gasteiger partial charge on any atom is -0.396 e. The van der Waals surface area contributed by atoms with Crippen LogP contribution in [0.2, 0.25) is 0 Å². The van der Waals surface area contributed by atoms with Gasteiger partial charge in [-0.05, 0) is 37.8 Å². The first-order chi connectivity index (χ1) is 10.0. The molecule has 0 radical (unpaired) electrons. The standard InChI is InChI=1S/C14H25N3O3S/c1-3-9-15-14-13(8-7-10-16-14)21(19,20)17(2)11-5-4-6-12-18/h7-8,10,18H,3-6,9,11-12H2,1-2H3,(H,15,16). The number of hydrogen-bond acceptors (Lipinski definition) is 5. The lowest BCUT2D eigenvalue weighted by Crippen LogP contribution is -2.29. The Morgan fingerprint density at radius 2 is 2.10 bits per heavy atom. The van der Waals surface area contributed by atoms with E-state index in [9.17, 15) is 8.42 Å². The lowest BCUT2D eigenvalue weighted by molar-refractivity contribution is 0.281. The Hall–Kier alpha value is -1.18. The van der Waals surface area contributed by atoms with Gasteiger partial charge in [0, 0.05) is 32.9 Å². The van der Waals surface area contributed by atoms with Crippen molar-refractivity contribution in [1.29, 1.82) is 0 Å². The van der Waals surface area contributed by atoms with Crippen molar-refractivity contribution in [1.82, 2.24) is 9.29 Å². The molecule has 0 fully saturated rings. The fourth-order valence-electron chi connectivity index (χ4n) is 1.89. The Kier molecular flexibility index (Phi) is 7.63. The maximum Gasteiger partial charge on any atom is 0.246 e. The van der Waals surface area contributed by atoms with Crippen LogP contribution < -0.4 is 5.32 Å². The number of nitrogens with one attached hydrogen (secondary N) is 1. The normalized spacial score (nSPS) is 11.8. The maximum atomic E-state index is 12.6. The average Bonchev–Trinajstić information content (AvgIpc) is 2.49. The molecule has 0 amide bonds. The molecule has 6 nitrogen and oxygen atoms in total. The molecule has 0 unspecified atom stereocenters. The summed E-state index contributed by atoms with van der Waals surface area (Å²) in [5.74, 6) is 0.404. The van der Waals surface area contributed by atoms with Gasteiger partial charge < -0.3 is 10.4 Å². The van der Waals surface area contributed by atoms with Gasteiger partial charge in [-0.2, -0.15) is 0 Å². The molecule has 0 bridgehead atoms. The van der Waals surface area contributed by atoms with Crippen LogP contribution in [0.3, 0.4) is 0 Å². The topological polar surface area (TPSA) is 82.5 Å². The fraction of sp³-hybridized carbons (Fsp3) is 0.643. The molecule has 1 rings (SSSR count). The van der Waals surface area contributed by atoms with Crippen LogP contribution in [0.5, 0.6) is 0 Å². The van der Waals surface area contributed by atoms with Gasteiger partial charge in [0.25, 0.3) is 0 Å². The first kappa shape index (κ1) is 17.9. The highest BCUT2D eigenvalue weighted by Gasteiger charge is 2.24. The van der Waals surface area contributed by atoms with E-state index in [1.807, 2.05) is 6.92 Å². The Balaban J connectivity index is 2.81. The van der Waals surface area contributed by atoms with Crippen molar-refractivity contribution in [3.05, 3.63) is 18.3 Å². The predicted octanol–water partition coefficient (Wildman–Crippen LogP) is 1.69. The predicted molar refractivity (Wildman–Crippen MR) is 83.8 cm³/mol. The highest BCUT2D eigenvalue weighted by atomic mass is 32.2. The molecule has 120 valence electrons. The third kappa shape index (κ3) is 5.26. The number of aliphatic hydroxyl groups is 1. The van der Waals surface area contributed by atoms with Crippen LogP contribution in [-0.2, 0) is 10.0 Å². The molecule has 7 heteroatoms. The highest BCUT2D eigenvalue weighted by Crippen LogP contribution is 2.21. The SMILES string of the molecule is CCCNc1ncccc1S(=O)(=O)N(C)CCCCCO. The zero-order valence-corrected chi connectivity index (χ0v) is 13.6. The van der Waals surface area contributed by atoms with E-state index in [2.05, 4.69) is 10.3 Å². The number of sulfonamides is 1. The van der Waals surface area contributed by atoms with E-state index in [1.54, 1.807) is 25.4 Å². The maximum absolute atomic E-state index is 12.6. The highest BCUT2D eigenvalue weighted by molar-refractivity contribution is 7.89. The number of hydrogen-bond donors (Lipinski definition) is 2. The van der Waals surface area contributed by atoms with Gasteiger partial charge in [0.2, 0.25) is 10.0 Å². The van der Waals surface area contributed by atoms with Gasteiger partial charge in [0.15, 0.2) is 0 Å². The molecular formula is C14H25N3O3S. The smallest absolute Gasteiger partial charge is 0.246 e. The van der Waals surface area contributed by atoms with Gasteiger partial charge >= 0.3 is 0 Å². The largest absolute Gasteiger partial charge is 0.396 e. The van der Waals surface area contributed by atoms with Crippen molar-refractivity contribution < 1.29 is 13.5 Å². The lowest BCUT2D eigenvalue weighted by Gasteiger charge is -2.19. The Morgan fingerprint density at radius 3 is 2.76 bits per heavy atom. The molecule has 0 aliphatic rings. The molecule has 0 aliphatic heterocycles. The second-order valence-corrected chi connectivity index (χ2v) is 6.90. The van der Waals surface area contributed by atoms with E-state index in [4.69, 9.17) is 5.11 Å². The van der Waals surface area contributed by atoms with Crippen molar-refractivity contribution in [2.45, 2.75) is 37.5 Å². The molecule has 1 aromatic rings. The summed E-state index contributed by atoms with van der Waals surface area (Å²) in [4.78, 5) is 4.34. The van der Waals surface area contributed by atoms with Crippen molar-refractivity contribution in [3.8, 4) is 0 Å².